The van der Waals surface area contributed by atoms with Crippen LogP contribution in [0.5, 0.6) is 0 Å². The van der Waals surface area contributed by atoms with Gasteiger partial charge < -0.3 is 9.64 Å². The Bertz CT molecular complexity index is 196. The molecule has 0 bridgehead atoms. The molecule has 82 valence electrons. The number of amides is 1. The fourth-order valence-corrected chi connectivity index (χ4v) is 1.32. The molecule has 0 aromatic rings. The van der Waals surface area contributed by atoms with Crippen LogP contribution in [0.3, 0.4) is 0 Å². The summed E-state index contributed by atoms with van der Waals surface area (Å²) in [5, 5.41) is 0. The lowest BCUT2D eigenvalue weighted by molar-refractivity contribution is -0.146. The van der Waals surface area contributed by atoms with Crippen LogP contribution >= 0.6 is 11.8 Å². The third-order valence-electron chi connectivity index (χ3n) is 1.80. The van der Waals surface area contributed by atoms with Crippen LogP contribution in [0.2, 0.25) is 0 Å². The summed E-state index contributed by atoms with van der Waals surface area (Å²) in [5.41, 5.74) is 0. The summed E-state index contributed by atoms with van der Waals surface area (Å²) in [6.45, 7) is 2.45. The van der Waals surface area contributed by atoms with Crippen molar-refractivity contribution in [1.29, 1.82) is 0 Å². The maximum absolute atomic E-state index is 11.5. The molecule has 0 rings (SSSR count). The number of rotatable bonds is 6. The summed E-state index contributed by atoms with van der Waals surface area (Å²) >= 11 is 1.62. The molecule has 0 aliphatic carbocycles. The van der Waals surface area contributed by atoms with Gasteiger partial charge in [-0.3, -0.25) is 9.59 Å². The van der Waals surface area contributed by atoms with Gasteiger partial charge in [0.2, 0.25) is 5.91 Å². The fraction of sp³-hybridized carbons (Fsp3) is 0.778. The molecule has 0 heterocycles. The third kappa shape index (κ3) is 5.11. The summed E-state index contributed by atoms with van der Waals surface area (Å²) in [6.07, 6.45) is 2.43. The van der Waals surface area contributed by atoms with Crippen molar-refractivity contribution in [1.82, 2.24) is 4.90 Å². The molecule has 0 aliphatic heterocycles. The lowest BCUT2D eigenvalue weighted by Crippen LogP contribution is -2.36. The van der Waals surface area contributed by atoms with Crippen molar-refractivity contribution in [3.8, 4) is 0 Å². The summed E-state index contributed by atoms with van der Waals surface area (Å²) in [6, 6.07) is 0. The first kappa shape index (κ1) is 13.3. The van der Waals surface area contributed by atoms with Gasteiger partial charge in [0.15, 0.2) is 0 Å². The Labute approximate surface area is 89.0 Å². The van der Waals surface area contributed by atoms with Crippen molar-refractivity contribution in [3.63, 3.8) is 0 Å². The number of carbonyl (C=O) groups excluding carboxylic acids is 2. The van der Waals surface area contributed by atoms with Gasteiger partial charge in [-0.2, -0.15) is 11.8 Å². The van der Waals surface area contributed by atoms with E-state index in [2.05, 4.69) is 4.74 Å². The van der Waals surface area contributed by atoms with E-state index >= 15 is 0 Å². The van der Waals surface area contributed by atoms with Gasteiger partial charge in [-0.1, -0.05) is 0 Å². The van der Waals surface area contributed by atoms with Gasteiger partial charge in [0.05, 0.1) is 7.11 Å². The molecule has 0 atom stereocenters. The summed E-state index contributed by atoms with van der Waals surface area (Å²) < 4.78 is 4.50. The molecular formula is C9H17NO3S. The molecule has 14 heavy (non-hydrogen) atoms. The molecule has 0 N–H and O–H groups in total. The van der Waals surface area contributed by atoms with Gasteiger partial charge in [-0.05, 0) is 13.2 Å². The number of thioether (sulfide) groups is 1. The highest BCUT2D eigenvalue weighted by Crippen LogP contribution is 2.00. The Morgan fingerprint density at radius 1 is 1.43 bits per heavy atom. The first-order valence-electron chi connectivity index (χ1n) is 4.49. The van der Waals surface area contributed by atoms with Crippen molar-refractivity contribution in [2.24, 2.45) is 0 Å². The molecular weight excluding hydrogens is 202 g/mol. The number of hydrogen-bond acceptors (Lipinski definition) is 4. The van der Waals surface area contributed by atoms with Crippen LogP contribution in [0.25, 0.3) is 0 Å². The number of ether oxygens (including phenoxy) is 1. The quantitative estimate of drug-likeness (QED) is 0.619. The van der Waals surface area contributed by atoms with Crippen molar-refractivity contribution >= 4 is 23.6 Å². The van der Waals surface area contributed by atoms with E-state index in [1.165, 1.54) is 12.0 Å². The highest BCUT2D eigenvalue weighted by molar-refractivity contribution is 7.98. The van der Waals surface area contributed by atoms with E-state index < -0.39 is 0 Å². The average molecular weight is 219 g/mol. The highest BCUT2D eigenvalue weighted by atomic mass is 32.2. The van der Waals surface area contributed by atoms with Crippen molar-refractivity contribution in [2.75, 3.05) is 32.2 Å². The summed E-state index contributed by atoms with van der Waals surface area (Å²) in [4.78, 5) is 23.9. The molecule has 0 radical (unpaired) electrons. The number of methoxy groups -OCH3 is 1. The minimum absolute atomic E-state index is 0.00671. The molecule has 0 saturated heterocycles. The zero-order valence-electron chi connectivity index (χ0n) is 8.91. The predicted octanol–water partition coefficient (Wildman–Crippen LogP) is 0.761. The second kappa shape index (κ2) is 7.67. The topological polar surface area (TPSA) is 46.6 Å². The lowest BCUT2D eigenvalue weighted by Gasteiger charge is -2.18. The van der Waals surface area contributed by atoms with Crippen molar-refractivity contribution in [2.45, 2.75) is 13.3 Å². The first-order chi connectivity index (χ1) is 6.65. The Kier molecular flexibility index (Phi) is 7.28. The molecule has 0 aromatic carbocycles. The van der Waals surface area contributed by atoms with E-state index in [0.29, 0.717) is 13.0 Å². The second-order valence-corrected chi connectivity index (χ2v) is 3.71. The minimum atomic E-state index is -0.371. The first-order valence-corrected chi connectivity index (χ1v) is 5.88. The SMILES string of the molecule is CCN(CC(=O)OC)C(=O)CCSC. The van der Waals surface area contributed by atoms with Crippen LogP contribution in [0, 0.1) is 0 Å². The molecule has 0 spiro atoms. The maximum atomic E-state index is 11.5. The summed E-state index contributed by atoms with van der Waals surface area (Å²) in [5.74, 6) is 0.424. The van der Waals surface area contributed by atoms with Gasteiger partial charge in [0, 0.05) is 18.7 Å². The molecule has 4 nitrogen and oxygen atoms in total. The van der Waals surface area contributed by atoms with E-state index in [-0.39, 0.29) is 18.4 Å². The van der Waals surface area contributed by atoms with E-state index in [4.69, 9.17) is 0 Å². The van der Waals surface area contributed by atoms with E-state index in [1.54, 1.807) is 11.8 Å². The van der Waals surface area contributed by atoms with Crippen molar-refractivity contribution in [3.05, 3.63) is 0 Å². The molecule has 0 fully saturated rings. The standard InChI is InChI=1S/C9H17NO3S/c1-4-10(7-9(12)13-2)8(11)5-6-14-3/h4-7H2,1-3H3. The zero-order chi connectivity index (χ0) is 11.0. The maximum Gasteiger partial charge on any atom is 0.325 e. The van der Waals surface area contributed by atoms with E-state index in [9.17, 15) is 9.59 Å². The normalized spacial score (nSPS) is 9.64. The van der Waals surface area contributed by atoms with Crippen LogP contribution in [0.1, 0.15) is 13.3 Å². The molecule has 0 saturated carbocycles. The van der Waals surface area contributed by atoms with Crippen LogP contribution in [-0.4, -0.2) is 49.0 Å². The zero-order valence-corrected chi connectivity index (χ0v) is 9.73. The Hall–Kier alpha value is -0.710. The highest BCUT2D eigenvalue weighted by Gasteiger charge is 2.14. The van der Waals surface area contributed by atoms with Gasteiger partial charge in [-0.15, -0.1) is 0 Å². The molecule has 1 amide bonds. The number of likely N-dealkylation sites (N-methyl/N-ethyl adjacent to an activating group) is 1. The van der Waals surface area contributed by atoms with Gasteiger partial charge in [-0.25, -0.2) is 0 Å². The monoisotopic (exact) mass is 219 g/mol. The smallest absolute Gasteiger partial charge is 0.325 e. The fourth-order valence-electron chi connectivity index (χ4n) is 0.944. The minimum Gasteiger partial charge on any atom is -0.468 e. The molecule has 0 aliphatic rings. The largest absolute Gasteiger partial charge is 0.468 e. The average Bonchev–Trinajstić information content (AvgIpc) is 2.21. The Morgan fingerprint density at radius 2 is 2.07 bits per heavy atom. The van der Waals surface area contributed by atoms with E-state index in [1.807, 2.05) is 13.2 Å². The Morgan fingerprint density at radius 3 is 2.50 bits per heavy atom. The number of esters is 1. The van der Waals surface area contributed by atoms with Gasteiger partial charge in [0.25, 0.3) is 0 Å². The number of hydrogen-bond donors (Lipinski definition) is 0. The Balaban J connectivity index is 3.98. The van der Waals surface area contributed by atoms with Crippen LogP contribution in [0.4, 0.5) is 0 Å². The van der Waals surface area contributed by atoms with Gasteiger partial charge in [0.1, 0.15) is 6.54 Å². The molecule has 0 aromatic heterocycles. The molecule has 0 unspecified atom stereocenters. The van der Waals surface area contributed by atoms with Gasteiger partial charge >= 0.3 is 5.97 Å². The number of carbonyl (C=O) groups is 2. The lowest BCUT2D eigenvalue weighted by atomic mass is 10.4. The van der Waals surface area contributed by atoms with Crippen molar-refractivity contribution < 1.29 is 14.3 Å². The summed E-state index contributed by atoms with van der Waals surface area (Å²) in [7, 11) is 1.32. The van der Waals surface area contributed by atoms with E-state index in [0.717, 1.165) is 5.75 Å². The second-order valence-electron chi connectivity index (χ2n) is 2.73. The van der Waals surface area contributed by atoms with Crippen LogP contribution in [0.15, 0.2) is 0 Å². The predicted molar refractivity (Wildman–Crippen MR) is 57.3 cm³/mol. The number of nitrogens with zero attached hydrogens (tertiary/aromatic N) is 1. The van der Waals surface area contributed by atoms with Crippen LogP contribution in [-0.2, 0) is 14.3 Å². The third-order valence-corrected chi connectivity index (χ3v) is 2.41. The van der Waals surface area contributed by atoms with Crippen LogP contribution < -0.4 is 0 Å². The molecule has 5 heteroatoms.